The number of hydrogen-bond acceptors (Lipinski definition) is 3. The lowest BCUT2D eigenvalue weighted by Gasteiger charge is -2.17. The number of carbonyl (C=O) groups excluding carboxylic acids is 1. The maximum Gasteiger partial charge on any atom is 0.242 e. The third kappa shape index (κ3) is 3.07. The molecule has 1 atom stereocenters. The standard InChI is InChI=1S/C22H21N5O/c28-22(16-25-12-10-18-8-4-5-9-21(18)25)26-13-11-19(14-26)27-15-20(23-24-27)17-6-2-1-3-7-17/h1-10,12,15,19H,11,13-14,16H2. The summed E-state index contributed by atoms with van der Waals surface area (Å²) in [6, 6.07) is 20.4. The highest BCUT2D eigenvalue weighted by Crippen LogP contribution is 2.24. The van der Waals surface area contributed by atoms with Gasteiger partial charge in [-0.2, -0.15) is 0 Å². The van der Waals surface area contributed by atoms with Crippen molar-refractivity contribution in [3.05, 3.63) is 73.1 Å². The van der Waals surface area contributed by atoms with E-state index in [1.54, 1.807) is 0 Å². The van der Waals surface area contributed by atoms with Gasteiger partial charge in [-0.1, -0.05) is 53.7 Å². The molecule has 0 saturated carbocycles. The molecule has 3 heterocycles. The number of hydrogen-bond donors (Lipinski definition) is 0. The quantitative estimate of drug-likeness (QED) is 0.553. The number of benzene rings is 2. The molecule has 0 N–H and O–H groups in total. The van der Waals surface area contributed by atoms with Crippen LogP contribution in [0.15, 0.2) is 73.1 Å². The van der Waals surface area contributed by atoms with Crippen LogP contribution >= 0.6 is 0 Å². The largest absolute Gasteiger partial charge is 0.339 e. The normalized spacial score (nSPS) is 16.7. The zero-order valence-electron chi connectivity index (χ0n) is 15.5. The number of likely N-dealkylation sites (tertiary alicyclic amines) is 1. The molecular formula is C22H21N5O. The Hall–Kier alpha value is -3.41. The number of carbonyl (C=O) groups is 1. The monoisotopic (exact) mass is 371 g/mol. The Bertz CT molecular complexity index is 1110. The average molecular weight is 371 g/mol. The number of amides is 1. The zero-order valence-corrected chi connectivity index (χ0v) is 15.5. The van der Waals surface area contributed by atoms with Gasteiger partial charge in [-0.15, -0.1) is 5.10 Å². The van der Waals surface area contributed by atoms with Crippen molar-refractivity contribution in [3.8, 4) is 11.3 Å². The summed E-state index contributed by atoms with van der Waals surface area (Å²) in [5, 5.41) is 9.77. The summed E-state index contributed by atoms with van der Waals surface area (Å²) in [6.07, 6.45) is 4.86. The first-order valence-electron chi connectivity index (χ1n) is 9.57. The lowest BCUT2D eigenvalue weighted by molar-refractivity contribution is -0.130. The molecule has 140 valence electrons. The third-order valence-electron chi connectivity index (χ3n) is 5.46. The van der Waals surface area contributed by atoms with Crippen molar-refractivity contribution in [2.45, 2.75) is 19.0 Å². The number of para-hydroxylation sites is 1. The molecule has 4 aromatic rings. The van der Waals surface area contributed by atoms with E-state index in [-0.39, 0.29) is 11.9 Å². The van der Waals surface area contributed by atoms with Gasteiger partial charge in [0.1, 0.15) is 12.2 Å². The molecule has 6 heteroatoms. The molecule has 6 nitrogen and oxygen atoms in total. The average Bonchev–Trinajstić information content (AvgIpc) is 3.48. The van der Waals surface area contributed by atoms with Crippen LogP contribution in [-0.2, 0) is 11.3 Å². The van der Waals surface area contributed by atoms with Gasteiger partial charge in [0.2, 0.25) is 5.91 Å². The molecular weight excluding hydrogens is 350 g/mol. The van der Waals surface area contributed by atoms with Gasteiger partial charge in [-0.3, -0.25) is 4.79 Å². The Labute approximate surface area is 163 Å². The lowest BCUT2D eigenvalue weighted by Crippen LogP contribution is -2.32. The van der Waals surface area contributed by atoms with E-state index in [4.69, 9.17) is 0 Å². The number of fused-ring (bicyclic) bond motifs is 1. The van der Waals surface area contributed by atoms with E-state index in [2.05, 4.69) is 28.5 Å². The summed E-state index contributed by atoms with van der Waals surface area (Å²) in [6.45, 7) is 1.80. The van der Waals surface area contributed by atoms with Crippen molar-refractivity contribution in [3.63, 3.8) is 0 Å². The molecule has 1 aliphatic heterocycles. The molecule has 5 rings (SSSR count). The number of aromatic nitrogens is 4. The molecule has 0 aliphatic carbocycles. The van der Waals surface area contributed by atoms with Gasteiger partial charge < -0.3 is 9.47 Å². The van der Waals surface area contributed by atoms with E-state index < -0.39 is 0 Å². The zero-order chi connectivity index (χ0) is 18.9. The minimum atomic E-state index is 0.146. The molecule has 28 heavy (non-hydrogen) atoms. The first-order valence-corrected chi connectivity index (χ1v) is 9.57. The Kier molecular flexibility index (Phi) is 4.16. The smallest absolute Gasteiger partial charge is 0.242 e. The molecule has 0 radical (unpaired) electrons. The maximum atomic E-state index is 12.8. The van der Waals surface area contributed by atoms with Crippen molar-refractivity contribution < 1.29 is 4.79 Å². The van der Waals surface area contributed by atoms with Crippen LogP contribution in [0.3, 0.4) is 0 Å². The second-order valence-electron chi connectivity index (χ2n) is 7.23. The fourth-order valence-corrected chi connectivity index (χ4v) is 3.90. The van der Waals surface area contributed by atoms with Gasteiger partial charge in [0.05, 0.1) is 12.2 Å². The highest BCUT2D eigenvalue weighted by Gasteiger charge is 2.28. The lowest BCUT2D eigenvalue weighted by atomic mass is 10.2. The topological polar surface area (TPSA) is 56.0 Å². The number of rotatable bonds is 4. The van der Waals surface area contributed by atoms with Crippen molar-refractivity contribution in [2.75, 3.05) is 13.1 Å². The molecule has 1 amide bonds. The SMILES string of the molecule is O=C(Cn1ccc2ccccc21)N1CCC(n2cc(-c3ccccc3)nn2)C1. The summed E-state index contributed by atoms with van der Waals surface area (Å²) in [5.41, 5.74) is 3.01. The Balaban J connectivity index is 1.27. The summed E-state index contributed by atoms with van der Waals surface area (Å²) in [7, 11) is 0. The highest BCUT2D eigenvalue weighted by molar-refractivity contribution is 5.83. The van der Waals surface area contributed by atoms with Crippen molar-refractivity contribution in [1.29, 1.82) is 0 Å². The van der Waals surface area contributed by atoms with Crippen LogP contribution in [0.5, 0.6) is 0 Å². The van der Waals surface area contributed by atoms with Crippen LogP contribution in [-0.4, -0.2) is 43.5 Å². The van der Waals surface area contributed by atoms with Crippen LogP contribution in [0, 0.1) is 0 Å². The van der Waals surface area contributed by atoms with E-state index in [9.17, 15) is 4.79 Å². The predicted molar refractivity (Wildman–Crippen MR) is 108 cm³/mol. The van der Waals surface area contributed by atoms with Crippen molar-refractivity contribution >= 4 is 16.8 Å². The minimum absolute atomic E-state index is 0.146. The molecule has 1 saturated heterocycles. The Morgan fingerprint density at radius 2 is 1.86 bits per heavy atom. The molecule has 1 aliphatic rings. The van der Waals surface area contributed by atoms with Gasteiger partial charge in [0, 0.05) is 30.4 Å². The first kappa shape index (κ1) is 16.7. The van der Waals surface area contributed by atoms with Crippen LogP contribution in [0.25, 0.3) is 22.2 Å². The molecule has 1 unspecified atom stereocenters. The first-order chi connectivity index (χ1) is 13.8. The van der Waals surface area contributed by atoms with E-state index in [1.807, 2.05) is 69.0 Å². The van der Waals surface area contributed by atoms with Crippen LogP contribution in [0.1, 0.15) is 12.5 Å². The summed E-state index contributed by atoms with van der Waals surface area (Å²) in [5.74, 6) is 0.146. The van der Waals surface area contributed by atoms with Gasteiger partial charge in [0.25, 0.3) is 0 Å². The van der Waals surface area contributed by atoms with E-state index in [0.29, 0.717) is 13.1 Å². The van der Waals surface area contributed by atoms with Crippen LogP contribution in [0.4, 0.5) is 0 Å². The molecule has 2 aromatic carbocycles. The Morgan fingerprint density at radius 3 is 2.75 bits per heavy atom. The van der Waals surface area contributed by atoms with Crippen molar-refractivity contribution in [2.24, 2.45) is 0 Å². The van der Waals surface area contributed by atoms with Crippen LogP contribution < -0.4 is 0 Å². The number of nitrogens with zero attached hydrogens (tertiary/aromatic N) is 5. The summed E-state index contributed by atoms with van der Waals surface area (Å²) in [4.78, 5) is 14.8. The molecule has 2 aromatic heterocycles. The summed E-state index contributed by atoms with van der Waals surface area (Å²) < 4.78 is 3.93. The molecule has 0 bridgehead atoms. The molecule has 0 spiro atoms. The maximum absolute atomic E-state index is 12.8. The van der Waals surface area contributed by atoms with E-state index in [0.717, 1.165) is 35.1 Å². The Morgan fingerprint density at radius 1 is 1.04 bits per heavy atom. The van der Waals surface area contributed by atoms with Crippen molar-refractivity contribution in [1.82, 2.24) is 24.5 Å². The third-order valence-corrected chi connectivity index (χ3v) is 5.46. The minimum Gasteiger partial charge on any atom is -0.339 e. The van der Waals surface area contributed by atoms with E-state index >= 15 is 0 Å². The highest BCUT2D eigenvalue weighted by atomic mass is 16.2. The second-order valence-corrected chi connectivity index (χ2v) is 7.23. The predicted octanol–water partition coefficient (Wildman–Crippen LogP) is 3.37. The summed E-state index contributed by atoms with van der Waals surface area (Å²) >= 11 is 0. The molecule has 1 fully saturated rings. The second kappa shape index (κ2) is 6.96. The van der Waals surface area contributed by atoms with Crippen LogP contribution in [0.2, 0.25) is 0 Å². The van der Waals surface area contributed by atoms with Gasteiger partial charge in [-0.25, -0.2) is 4.68 Å². The van der Waals surface area contributed by atoms with E-state index in [1.165, 1.54) is 0 Å². The van der Waals surface area contributed by atoms with Gasteiger partial charge in [0.15, 0.2) is 0 Å². The fourth-order valence-electron chi connectivity index (χ4n) is 3.90. The fraction of sp³-hybridized carbons (Fsp3) is 0.227. The van der Waals surface area contributed by atoms with Gasteiger partial charge >= 0.3 is 0 Å². The van der Waals surface area contributed by atoms with Gasteiger partial charge in [-0.05, 0) is 23.9 Å².